The number of hydrogen-bond donors (Lipinski definition) is 1. The number of nitriles is 1. The zero-order valence-electron chi connectivity index (χ0n) is 10.3. The molecule has 1 aromatic rings. The third-order valence-electron chi connectivity index (χ3n) is 2.17. The lowest BCUT2D eigenvalue weighted by atomic mass is 10.3. The Kier molecular flexibility index (Phi) is 6.16. The molecule has 1 N–H and O–H groups in total. The van der Waals surface area contributed by atoms with Crippen molar-refractivity contribution in [3.05, 3.63) is 5.56 Å². The minimum absolute atomic E-state index is 0.548. The largest absolute Gasteiger partial charge is 0.369 e. The van der Waals surface area contributed by atoms with Gasteiger partial charge in [-0.05, 0) is 18.9 Å². The lowest BCUT2D eigenvalue weighted by Gasteiger charge is -2.10. The zero-order chi connectivity index (χ0) is 12.7. The summed E-state index contributed by atoms with van der Waals surface area (Å²) in [7, 11) is 0. The molecule has 0 bridgehead atoms. The van der Waals surface area contributed by atoms with Crippen LogP contribution in [0, 0.1) is 11.3 Å². The van der Waals surface area contributed by atoms with Crippen LogP contribution in [0.4, 0.5) is 5.82 Å². The predicted octanol–water partition coefficient (Wildman–Crippen LogP) is 3.00. The average Bonchev–Trinajstić information content (AvgIpc) is 2.37. The Balaban J connectivity index is 3.03. The molecule has 0 atom stereocenters. The van der Waals surface area contributed by atoms with E-state index in [0.29, 0.717) is 16.5 Å². The van der Waals surface area contributed by atoms with Crippen LogP contribution in [0.2, 0.25) is 0 Å². The van der Waals surface area contributed by atoms with Crippen molar-refractivity contribution in [2.24, 2.45) is 0 Å². The summed E-state index contributed by atoms with van der Waals surface area (Å²) in [6, 6.07) is 2.18. The first-order chi connectivity index (χ1) is 8.26. The van der Waals surface area contributed by atoms with Gasteiger partial charge in [-0.3, -0.25) is 0 Å². The van der Waals surface area contributed by atoms with Gasteiger partial charge in [-0.1, -0.05) is 25.1 Å². The monoisotopic (exact) mass is 268 g/mol. The van der Waals surface area contributed by atoms with Crippen LogP contribution in [-0.4, -0.2) is 29.0 Å². The van der Waals surface area contributed by atoms with Gasteiger partial charge in [-0.2, -0.15) is 5.26 Å². The van der Waals surface area contributed by atoms with Crippen LogP contribution < -0.4 is 5.32 Å². The summed E-state index contributed by atoms with van der Waals surface area (Å²) in [6.45, 7) is 2.97. The number of unbranched alkanes of at least 4 members (excludes halogenated alkanes) is 1. The summed E-state index contributed by atoms with van der Waals surface area (Å²) in [5, 5.41) is 13.8. The van der Waals surface area contributed by atoms with Crippen LogP contribution in [0.5, 0.6) is 0 Å². The number of thioether (sulfide) groups is 2. The molecule has 0 aliphatic carbocycles. The Morgan fingerprint density at radius 1 is 1.29 bits per heavy atom. The quantitative estimate of drug-likeness (QED) is 0.370. The van der Waals surface area contributed by atoms with E-state index < -0.39 is 0 Å². The fourth-order valence-electron chi connectivity index (χ4n) is 1.27. The fraction of sp³-hybridized carbons (Fsp3) is 0.545. The second kappa shape index (κ2) is 7.41. The Labute approximate surface area is 111 Å². The molecule has 0 fully saturated rings. The minimum Gasteiger partial charge on any atom is -0.369 e. The van der Waals surface area contributed by atoms with Crippen molar-refractivity contribution in [3.63, 3.8) is 0 Å². The summed E-state index contributed by atoms with van der Waals surface area (Å²) in [5.41, 5.74) is 0.548. The number of nitrogens with one attached hydrogen (secondary N) is 1. The van der Waals surface area contributed by atoms with Gasteiger partial charge in [0.15, 0.2) is 5.16 Å². The van der Waals surface area contributed by atoms with Crippen LogP contribution in [0.15, 0.2) is 10.2 Å². The zero-order valence-corrected chi connectivity index (χ0v) is 11.9. The molecule has 6 heteroatoms. The van der Waals surface area contributed by atoms with Gasteiger partial charge < -0.3 is 5.32 Å². The Bertz CT molecular complexity index is 415. The number of hydrogen-bond acceptors (Lipinski definition) is 6. The highest BCUT2D eigenvalue weighted by Gasteiger charge is 2.12. The summed E-state index contributed by atoms with van der Waals surface area (Å²) in [6.07, 6.45) is 6.03. The first-order valence-corrected chi connectivity index (χ1v) is 7.85. The van der Waals surface area contributed by atoms with Crippen LogP contribution in [0.25, 0.3) is 0 Å². The molecular formula is C11H16N4S2. The van der Waals surface area contributed by atoms with E-state index in [4.69, 9.17) is 5.26 Å². The second-order valence-corrected chi connectivity index (χ2v) is 4.90. The number of aromatic nitrogens is 2. The molecule has 0 saturated heterocycles. The van der Waals surface area contributed by atoms with E-state index in [1.165, 1.54) is 23.5 Å². The fourth-order valence-corrected chi connectivity index (χ4v) is 2.22. The second-order valence-electron chi connectivity index (χ2n) is 3.34. The first kappa shape index (κ1) is 14.1. The lowest BCUT2D eigenvalue weighted by Crippen LogP contribution is -2.07. The highest BCUT2D eigenvalue weighted by Crippen LogP contribution is 2.25. The van der Waals surface area contributed by atoms with Gasteiger partial charge in [0.05, 0.1) is 0 Å². The molecule has 0 amide bonds. The molecular weight excluding hydrogens is 252 g/mol. The van der Waals surface area contributed by atoms with Crippen molar-refractivity contribution < 1.29 is 0 Å². The van der Waals surface area contributed by atoms with Crippen molar-refractivity contribution in [3.8, 4) is 6.07 Å². The molecule has 0 aliphatic heterocycles. The number of nitrogens with zero attached hydrogens (tertiary/aromatic N) is 3. The molecule has 0 unspecified atom stereocenters. The van der Waals surface area contributed by atoms with E-state index in [-0.39, 0.29) is 0 Å². The topological polar surface area (TPSA) is 61.6 Å². The highest BCUT2D eigenvalue weighted by molar-refractivity contribution is 7.99. The Morgan fingerprint density at radius 3 is 2.59 bits per heavy atom. The molecule has 0 aliphatic rings. The number of anilines is 1. The third-order valence-corrected chi connectivity index (χ3v) is 3.40. The van der Waals surface area contributed by atoms with Gasteiger partial charge in [-0.25, -0.2) is 9.97 Å². The summed E-state index contributed by atoms with van der Waals surface area (Å²) in [5.74, 6) is 0.657. The molecule has 17 heavy (non-hydrogen) atoms. The standard InChI is InChI=1S/C11H16N4S2/c1-4-5-6-13-9-8(7-12)10(16-2)15-11(14-9)17-3/h4-6H2,1-3H3,(H,13,14,15). The molecule has 0 aromatic carbocycles. The van der Waals surface area contributed by atoms with E-state index in [9.17, 15) is 0 Å². The number of rotatable bonds is 6. The van der Waals surface area contributed by atoms with Gasteiger partial charge >= 0.3 is 0 Å². The van der Waals surface area contributed by atoms with Crippen LogP contribution >= 0.6 is 23.5 Å². The average molecular weight is 268 g/mol. The van der Waals surface area contributed by atoms with Crippen molar-refractivity contribution in [2.45, 2.75) is 29.9 Å². The van der Waals surface area contributed by atoms with Crippen molar-refractivity contribution in [1.82, 2.24) is 9.97 Å². The van der Waals surface area contributed by atoms with Crippen molar-refractivity contribution in [1.29, 1.82) is 5.26 Å². The molecule has 4 nitrogen and oxygen atoms in total. The first-order valence-electron chi connectivity index (χ1n) is 5.40. The lowest BCUT2D eigenvalue weighted by molar-refractivity contribution is 0.817. The smallest absolute Gasteiger partial charge is 0.190 e. The van der Waals surface area contributed by atoms with E-state index in [2.05, 4.69) is 28.3 Å². The molecule has 1 rings (SSSR count). The summed E-state index contributed by atoms with van der Waals surface area (Å²) in [4.78, 5) is 8.67. The maximum atomic E-state index is 9.16. The molecule has 0 radical (unpaired) electrons. The van der Waals surface area contributed by atoms with Crippen LogP contribution in [0.3, 0.4) is 0 Å². The van der Waals surface area contributed by atoms with Gasteiger partial charge in [-0.15, -0.1) is 11.8 Å². The Morgan fingerprint density at radius 2 is 2.06 bits per heavy atom. The van der Waals surface area contributed by atoms with Gasteiger partial charge in [0.2, 0.25) is 0 Å². The van der Waals surface area contributed by atoms with Gasteiger partial charge in [0.1, 0.15) is 22.5 Å². The van der Waals surface area contributed by atoms with E-state index in [0.717, 1.165) is 24.4 Å². The van der Waals surface area contributed by atoms with Gasteiger partial charge in [0, 0.05) is 6.54 Å². The highest BCUT2D eigenvalue weighted by atomic mass is 32.2. The SMILES string of the molecule is CCCCNc1nc(SC)nc(SC)c1C#N. The molecule has 1 heterocycles. The molecule has 1 aromatic heterocycles. The Hall–Kier alpha value is -0.930. The van der Waals surface area contributed by atoms with E-state index in [1.54, 1.807) is 0 Å². The molecule has 0 saturated carbocycles. The van der Waals surface area contributed by atoms with Gasteiger partial charge in [0.25, 0.3) is 0 Å². The predicted molar refractivity (Wildman–Crippen MR) is 73.7 cm³/mol. The van der Waals surface area contributed by atoms with Crippen LogP contribution in [-0.2, 0) is 0 Å². The van der Waals surface area contributed by atoms with Crippen molar-refractivity contribution >= 4 is 29.3 Å². The molecule has 92 valence electrons. The third kappa shape index (κ3) is 3.79. The summed E-state index contributed by atoms with van der Waals surface area (Å²) >= 11 is 2.96. The molecule has 0 spiro atoms. The maximum absolute atomic E-state index is 9.16. The summed E-state index contributed by atoms with van der Waals surface area (Å²) < 4.78 is 0. The normalized spacial score (nSPS) is 10.0. The van der Waals surface area contributed by atoms with Crippen LogP contribution in [0.1, 0.15) is 25.3 Å². The van der Waals surface area contributed by atoms with Crippen molar-refractivity contribution in [2.75, 3.05) is 24.4 Å². The maximum Gasteiger partial charge on any atom is 0.190 e. The van der Waals surface area contributed by atoms with E-state index >= 15 is 0 Å². The van der Waals surface area contributed by atoms with E-state index in [1.807, 2.05) is 12.5 Å². The minimum atomic E-state index is 0.548.